The summed E-state index contributed by atoms with van der Waals surface area (Å²) in [6.07, 6.45) is 1.37. The van der Waals surface area contributed by atoms with Gasteiger partial charge in [0.15, 0.2) is 0 Å². The van der Waals surface area contributed by atoms with Gasteiger partial charge in [0, 0.05) is 18.6 Å². The van der Waals surface area contributed by atoms with Gasteiger partial charge in [0.05, 0.1) is 25.9 Å². The van der Waals surface area contributed by atoms with Crippen molar-refractivity contribution in [3.05, 3.63) is 0 Å². The van der Waals surface area contributed by atoms with E-state index in [1.54, 1.807) is 4.90 Å². The zero-order chi connectivity index (χ0) is 16.8. The average molecular weight is 316 g/mol. The van der Waals surface area contributed by atoms with Crippen molar-refractivity contribution >= 4 is 6.09 Å². The van der Waals surface area contributed by atoms with Crippen LogP contribution in [-0.2, 0) is 9.47 Å². The molecule has 0 bridgehead atoms. The van der Waals surface area contributed by atoms with Gasteiger partial charge in [0.1, 0.15) is 5.60 Å². The van der Waals surface area contributed by atoms with Gasteiger partial charge in [-0.15, -0.1) is 0 Å². The van der Waals surface area contributed by atoms with E-state index in [2.05, 4.69) is 12.2 Å². The number of ether oxygens (including phenoxy) is 2. The van der Waals surface area contributed by atoms with Crippen LogP contribution < -0.4 is 5.32 Å². The summed E-state index contributed by atoms with van der Waals surface area (Å²) in [6, 6.07) is 0.283. The van der Waals surface area contributed by atoms with Gasteiger partial charge in [-0.3, -0.25) is 0 Å². The highest BCUT2D eigenvalue weighted by molar-refractivity contribution is 5.68. The number of nitrogens with one attached hydrogen (secondary N) is 1. The third kappa shape index (κ3) is 6.50. The van der Waals surface area contributed by atoms with E-state index in [0.717, 1.165) is 12.8 Å². The van der Waals surface area contributed by atoms with Crippen molar-refractivity contribution in [2.24, 2.45) is 0 Å². The lowest BCUT2D eigenvalue weighted by atomic mass is 10.1. The second-order valence-electron chi connectivity index (χ2n) is 6.99. The van der Waals surface area contributed by atoms with Crippen LogP contribution in [0.3, 0.4) is 0 Å². The number of aliphatic hydroxyl groups is 1. The molecule has 0 aliphatic carbocycles. The van der Waals surface area contributed by atoms with Crippen molar-refractivity contribution in [3.8, 4) is 0 Å². The Bertz CT molecular complexity index is 340. The molecule has 1 aliphatic heterocycles. The smallest absolute Gasteiger partial charge is 0.410 e. The molecule has 6 heteroatoms. The number of rotatable bonds is 6. The first kappa shape index (κ1) is 19.2. The molecule has 2 N–H and O–H groups in total. The van der Waals surface area contributed by atoms with Crippen LogP contribution in [0.15, 0.2) is 0 Å². The summed E-state index contributed by atoms with van der Waals surface area (Å²) in [5.41, 5.74) is -0.492. The van der Waals surface area contributed by atoms with Crippen molar-refractivity contribution in [3.63, 3.8) is 0 Å². The lowest BCUT2D eigenvalue weighted by Crippen LogP contribution is -2.53. The molecule has 1 rings (SSSR count). The molecule has 0 aromatic rings. The monoisotopic (exact) mass is 316 g/mol. The number of hydrogen-bond donors (Lipinski definition) is 2. The van der Waals surface area contributed by atoms with Crippen molar-refractivity contribution in [1.82, 2.24) is 10.2 Å². The molecule has 1 aliphatic rings. The van der Waals surface area contributed by atoms with Gasteiger partial charge in [-0.2, -0.15) is 0 Å². The summed E-state index contributed by atoms with van der Waals surface area (Å²) in [7, 11) is 0. The van der Waals surface area contributed by atoms with Crippen molar-refractivity contribution in [2.45, 2.75) is 71.2 Å². The molecule has 3 atom stereocenters. The zero-order valence-electron chi connectivity index (χ0n) is 14.6. The molecule has 0 aromatic heterocycles. The Morgan fingerprint density at radius 1 is 1.50 bits per heavy atom. The first-order chi connectivity index (χ1) is 10.3. The van der Waals surface area contributed by atoms with E-state index in [4.69, 9.17) is 9.47 Å². The van der Waals surface area contributed by atoms with Crippen molar-refractivity contribution in [2.75, 3.05) is 26.4 Å². The molecule has 1 amide bonds. The quantitative estimate of drug-likeness (QED) is 0.781. The predicted octanol–water partition coefficient (Wildman–Crippen LogP) is 1.76. The summed E-state index contributed by atoms with van der Waals surface area (Å²) in [6.45, 7) is 11.5. The number of morpholine rings is 1. The third-order valence-electron chi connectivity index (χ3n) is 3.71. The third-order valence-corrected chi connectivity index (χ3v) is 3.71. The van der Waals surface area contributed by atoms with E-state index in [1.165, 1.54) is 0 Å². The topological polar surface area (TPSA) is 71.0 Å². The van der Waals surface area contributed by atoms with Gasteiger partial charge in [0.25, 0.3) is 0 Å². The van der Waals surface area contributed by atoms with Gasteiger partial charge in [-0.05, 0) is 40.5 Å². The Balaban J connectivity index is 2.59. The first-order valence-corrected chi connectivity index (χ1v) is 8.21. The summed E-state index contributed by atoms with van der Waals surface area (Å²) in [5, 5.41) is 12.7. The average Bonchev–Trinajstić information content (AvgIpc) is 2.43. The largest absolute Gasteiger partial charge is 0.444 e. The number of nitrogens with zero attached hydrogens (tertiary/aromatic N) is 1. The molecule has 1 fully saturated rings. The van der Waals surface area contributed by atoms with Gasteiger partial charge in [-0.1, -0.05) is 6.92 Å². The normalized spacial score (nSPS) is 22.3. The van der Waals surface area contributed by atoms with E-state index < -0.39 is 5.60 Å². The lowest BCUT2D eigenvalue weighted by molar-refractivity contribution is -0.0359. The number of carbonyl (C=O) groups excluding carboxylic acids is 1. The second kappa shape index (κ2) is 8.70. The molecule has 0 spiro atoms. The Morgan fingerprint density at radius 3 is 2.73 bits per heavy atom. The summed E-state index contributed by atoms with van der Waals surface area (Å²) in [5.74, 6) is 0. The maximum absolute atomic E-state index is 12.3. The number of amides is 1. The highest BCUT2D eigenvalue weighted by atomic mass is 16.6. The minimum atomic E-state index is -0.492. The fraction of sp³-hybridized carbons (Fsp3) is 0.938. The van der Waals surface area contributed by atoms with Gasteiger partial charge in [0.2, 0.25) is 0 Å². The fourth-order valence-electron chi connectivity index (χ4n) is 2.59. The van der Waals surface area contributed by atoms with Crippen LogP contribution in [0.1, 0.15) is 47.5 Å². The molecule has 2 unspecified atom stereocenters. The van der Waals surface area contributed by atoms with Crippen LogP contribution in [0.2, 0.25) is 0 Å². The number of aliphatic hydroxyl groups excluding tert-OH is 1. The minimum Gasteiger partial charge on any atom is -0.444 e. The van der Waals surface area contributed by atoms with Gasteiger partial charge < -0.3 is 24.8 Å². The Morgan fingerprint density at radius 2 is 2.18 bits per heavy atom. The number of carbonyl (C=O) groups is 1. The molecular weight excluding hydrogens is 284 g/mol. The summed E-state index contributed by atoms with van der Waals surface area (Å²) in [4.78, 5) is 14.1. The number of hydrogen-bond acceptors (Lipinski definition) is 5. The second-order valence-corrected chi connectivity index (χ2v) is 6.99. The minimum absolute atomic E-state index is 0.00213. The molecule has 1 saturated heterocycles. The van der Waals surface area contributed by atoms with Crippen LogP contribution in [0, 0.1) is 0 Å². The first-order valence-electron chi connectivity index (χ1n) is 8.21. The van der Waals surface area contributed by atoms with Crippen LogP contribution in [0.5, 0.6) is 0 Å². The Hall–Kier alpha value is -0.850. The van der Waals surface area contributed by atoms with Crippen LogP contribution in [0.4, 0.5) is 4.79 Å². The fourth-order valence-corrected chi connectivity index (χ4v) is 2.59. The van der Waals surface area contributed by atoms with Crippen molar-refractivity contribution in [1.29, 1.82) is 0 Å². The van der Waals surface area contributed by atoms with E-state index in [0.29, 0.717) is 19.8 Å². The van der Waals surface area contributed by atoms with Crippen LogP contribution in [-0.4, -0.2) is 66.2 Å². The summed E-state index contributed by atoms with van der Waals surface area (Å²) >= 11 is 0. The van der Waals surface area contributed by atoms with Gasteiger partial charge >= 0.3 is 6.09 Å². The van der Waals surface area contributed by atoms with Crippen molar-refractivity contribution < 1.29 is 19.4 Å². The molecular formula is C16H32N2O4. The molecule has 22 heavy (non-hydrogen) atoms. The standard InChI is InChI=1S/C16H32N2O4/c1-6-13(10-19)17-12(2)9-14-11-21-8-7-18(14)15(20)22-16(3,4)5/h12-14,17,19H,6-11H2,1-5H3/t12?,13-,14?/m0/s1. The zero-order valence-corrected chi connectivity index (χ0v) is 14.6. The van der Waals surface area contributed by atoms with E-state index in [9.17, 15) is 9.90 Å². The molecule has 6 nitrogen and oxygen atoms in total. The van der Waals surface area contributed by atoms with E-state index in [-0.39, 0.29) is 30.8 Å². The predicted molar refractivity (Wildman–Crippen MR) is 85.9 cm³/mol. The van der Waals surface area contributed by atoms with E-state index in [1.807, 2.05) is 27.7 Å². The van der Waals surface area contributed by atoms with E-state index >= 15 is 0 Å². The highest BCUT2D eigenvalue weighted by Gasteiger charge is 2.32. The van der Waals surface area contributed by atoms with Crippen LogP contribution >= 0.6 is 0 Å². The Kier molecular flexibility index (Phi) is 7.59. The maximum Gasteiger partial charge on any atom is 0.410 e. The lowest BCUT2D eigenvalue weighted by Gasteiger charge is -2.38. The van der Waals surface area contributed by atoms with Crippen LogP contribution in [0.25, 0.3) is 0 Å². The highest BCUT2D eigenvalue weighted by Crippen LogP contribution is 2.17. The molecule has 0 radical (unpaired) electrons. The Labute approximate surface area is 134 Å². The summed E-state index contributed by atoms with van der Waals surface area (Å²) < 4.78 is 11.0. The molecule has 130 valence electrons. The van der Waals surface area contributed by atoms with Gasteiger partial charge in [-0.25, -0.2) is 4.79 Å². The molecule has 0 saturated carbocycles. The SMILES string of the molecule is CC[C@@H](CO)NC(C)CC1COCCN1C(=O)OC(C)(C)C. The molecule has 0 aromatic carbocycles. The molecule has 1 heterocycles. The maximum atomic E-state index is 12.3.